The normalized spacial score (nSPS) is 11.9. The maximum absolute atomic E-state index is 12.3. The van der Waals surface area contributed by atoms with Crippen molar-refractivity contribution in [1.29, 1.82) is 0 Å². The zero-order valence-electron chi connectivity index (χ0n) is 11.6. The van der Waals surface area contributed by atoms with E-state index in [1.54, 1.807) is 11.8 Å². The van der Waals surface area contributed by atoms with Crippen LogP contribution in [0.2, 0.25) is 0 Å². The van der Waals surface area contributed by atoms with Crippen LogP contribution in [-0.4, -0.2) is 12.2 Å². The Kier molecular flexibility index (Phi) is 4.69. The highest BCUT2D eigenvalue weighted by molar-refractivity contribution is 7.98. The van der Waals surface area contributed by atoms with Crippen molar-refractivity contribution >= 4 is 23.4 Å². The second-order valence-corrected chi connectivity index (χ2v) is 5.41. The molecule has 1 amide bonds. The molecular formula is C16H18N2OS. The van der Waals surface area contributed by atoms with Crippen molar-refractivity contribution in [2.45, 2.75) is 17.9 Å². The molecule has 0 aliphatic rings. The van der Waals surface area contributed by atoms with Crippen molar-refractivity contribution in [2.24, 2.45) is 0 Å². The highest BCUT2D eigenvalue weighted by Crippen LogP contribution is 2.21. The van der Waals surface area contributed by atoms with Gasteiger partial charge >= 0.3 is 0 Å². The van der Waals surface area contributed by atoms with Gasteiger partial charge in [0.25, 0.3) is 5.91 Å². The minimum absolute atomic E-state index is 0.0649. The van der Waals surface area contributed by atoms with Gasteiger partial charge in [-0.15, -0.1) is 11.8 Å². The Morgan fingerprint density at radius 3 is 2.65 bits per heavy atom. The summed E-state index contributed by atoms with van der Waals surface area (Å²) in [6.07, 6.45) is 1.97. The molecule has 20 heavy (non-hydrogen) atoms. The monoisotopic (exact) mass is 286 g/mol. The summed E-state index contributed by atoms with van der Waals surface area (Å²) < 4.78 is 0. The smallest absolute Gasteiger partial charge is 0.252 e. The zero-order chi connectivity index (χ0) is 14.5. The lowest BCUT2D eigenvalue weighted by Gasteiger charge is -2.16. The van der Waals surface area contributed by atoms with E-state index >= 15 is 0 Å². The predicted octanol–water partition coefficient (Wildman–Crippen LogP) is 3.48. The molecule has 3 N–H and O–H groups in total. The van der Waals surface area contributed by atoms with Gasteiger partial charge in [-0.1, -0.05) is 24.3 Å². The Morgan fingerprint density at radius 2 is 1.95 bits per heavy atom. The molecule has 104 valence electrons. The molecule has 3 nitrogen and oxygen atoms in total. The Balaban J connectivity index is 2.15. The number of thioether (sulfide) groups is 1. The van der Waals surface area contributed by atoms with Crippen molar-refractivity contribution in [3.63, 3.8) is 0 Å². The molecule has 2 aromatic rings. The van der Waals surface area contributed by atoms with Crippen molar-refractivity contribution in [3.05, 3.63) is 59.7 Å². The first kappa shape index (κ1) is 14.5. The minimum atomic E-state index is -0.0825. The van der Waals surface area contributed by atoms with Crippen molar-refractivity contribution in [1.82, 2.24) is 5.32 Å². The third-order valence-corrected chi connectivity index (χ3v) is 3.91. The van der Waals surface area contributed by atoms with Gasteiger partial charge in [0.15, 0.2) is 0 Å². The molecule has 0 saturated carbocycles. The van der Waals surface area contributed by atoms with Crippen LogP contribution in [0, 0.1) is 0 Å². The van der Waals surface area contributed by atoms with Gasteiger partial charge in [0.1, 0.15) is 0 Å². The Labute approximate surface area is 123 Å². The van der Waals surface area contributed by atoms with Crippen molar-refractivity contribution in [3.8, 4) is 0 Å². The summed E-state index contributed by atoms with van der Waals surface area (Å²) in [5, 5.41) is 3.01. The molecule has 0 aliphatic heterocycles. The van der Waals surface area contributed by atoms with Gasteiger partial charge in [0, 0.05) is 10.6 Å². The van der Waals surface area contributed by atoms with E-state index in [2.05, 4.69) is 5.32 Å². The largest absolute Gasteiger partial charge is 0.399 e. The number of carbonyl (C=O) groups excluding carboxylic acids is 1. The standard InChI is InChI=1S/C16H18N2OS/c1-11(12-6-5-7-13(17)10-12)18-16(19)14-8-3-4-9-15(14)20-2/h3-11H,17H2,1-2H3,(H,18,19). The number of nitrogen functional groups attached to an aromatic ring is 1. The molecule has 0 fully saturated rings. The predicted molar refractivity (Wildman–Crippen MR) is 85.0 cm³/mol. The van der Waals surface area contributed by atoms with Gasteiger partial charge in [-0.25, -0.2) is 0 Å². The summed E-state index contributed by atoms with van der Waals surface area (Å²) in [5.41, 5.74) is 8.17. The Morgan fingerprint density at radius 1 is 1.20 bits per heavy atom. The van der Waals surface area contributed by atoms with E-state index in [4.69, 9.17) is 5.73 Å². The van der Waals surface area contributed by atoms with E-state index in [9.17, 15) is 4.79 Å². The van der Waals surface area contributed by atoms with Crippen molar-refractivity contribution in [2.75, 3.05) is 12.0 Å². The summed E-state index contributed by atoms with van der Waals surface area (Å²) in [7, 11) is 0. The van der Waals surface area contributed by atoms with E-state index in [-0.39, 0.29) is 11.9 Å². The van der Waals surface area contributed by atoms with Crippen LogP contribution in [0.5, 0.6) is 0 Å². The molecule has 0 aliphatic carbocycles. The molecule has 4 heteroatoms. The number of nitrogens with one attached hydrogen (secondary N) is 1. The summed E-state index contributed by atoms with van der Waals surface area (Å²) in [4.78, 5) is 13.3. The van der Waals surface area contributed by atoms with Gasteiger partial charge in [-0.05, 0) is 43.0 Å². The van der Waals surface area contributed by atoms with Crippen LogP contribution >= 0.6 is 11.8 Å². The van der Waals surface area contributed by atoms with Crippen LogP contribution in [0.1, 0.15) is 28.9 Å². The fourth-order valence-electron chi connectivity index (χ4n) is 2.02. The lowest BCUT2D eigenvalue weighted by Crippen LogP contribution is -2.27. The van der Waals surface area contributed by atoms with Crippen LogP contribution in [0.4, 0.5) is 5.69 Å². The fraction of sp³-hybridized carbons (Fsp3) is 0.188. The number of nitrogens with two attached hydrogens (primary N) is 1. The molecule has 0 heterocycles. The molecule has 0 bridgehead atoms. The number of amides is 1. The first-order valence-electron chi connectivity index (χ1n) is 6.41. The maximum atomic E-state index is 12.3. The molecule has 0 aromatic heterocycles. The number of hydrogen-bond acceptors (Lipinski definition) is 3. The quantitative estimate of drug-likeness (QED) is 0.668. The van der Waals surface area contributed by atoms with E-state index in [0.717, 1.165) is 10.5 Å². The van der Waals surface area contributed by atoms with E-state index in [1.807, 2.05) is 61.7 Å². The maximum Gasteiger partial charge on any atom is 0.252 e. The number of carbonyl (C=O) groups is 1. The van der Waals surface area contributed by atoms with Gasteiger partial charge in [0.2, 0.25) is 0 Å². The van der Waals surface area contributed by atoms with E-state index in [0.29, 0.717) is 11.3 Å². The highest BCUT2D eigenvalue weighted by Gasteiger charge is 2.14. The topological polar surface area (TPSA) is 55.1 Å². The number of benzene rings is 2. The molecule has 1 unspecified atom stereocenters. The van der Waals surface area contributed by atoms with Crippen LogP contribution in [0.3, 0.4) is 0 Å². The second kappa shape index (κ2) is 6.48. The molecule has 0 spiro atoms. The number of hydrogen-bond donors (Lipinski definition) is 2. The Hall–Kier alpha value is -1.94. The fourth-order valence-corrected chi connectivity index (χ4v) is 2.61. The van der Waals surface area contributed by atoms with Crippen molar-refractivity contribution < 1.29 is 4.79 Å². The third-order valence-electron chi connectivity index (χ3n) is 3.11. The second-order valence-electron chi connectivity index (χ2n) is 4.57. The third kappa shape index (κ3) is 3.33. The average Bonchev–Trinajstić information content (AvgIpc) is 2.47. The van der Waals surface area contributed by atoms with Crippen LogP contribution in [0.15, 0.2) is 53.4 Å². The first-order valence-corrected chi connectivity index (χ1v) is 7.63. The lowest BCUT2D eigenvalue weighted by atomic mass is 10.1. The highest BCUT2D eigenvalue weighted by atomic mass is 32.2. The summed E-state index contributed by atoms with van der Waals surface area (Å²) in [5.74, 6) is -0.0649. The SMILES string of the molecule is CSc1ccccc1C(=O)NC(C)c1cccc(N)c1. The minimum Gasteiger partial charge on any atom is -0.399 e. The first-order chi connectivity index (χ1) is 9.61. The lowest BCUT2D eigenvalue weighted by molar-refractivity contribution is 0.0937. The summed E-state index contributed by atoms with van der Waals surface area (Å²) >= 11 is 1.57. The molecule has 1 atom stereocenters. The molecule has 2 rings (SSSR count). The molecule has 0 saturated heterocycles. The molecular weight excluding hydrogens is 268 g/mol. The van der Waals surface area contributed by atoms with Gasteiger partial charge < -0.3 is 11.1 Å². The van der Waals surface area contributed by atoms with Crippen LogP contribution in [-0.2, 0) is 0 Å². The van der Waals surface area contributed by atoms with Gasteiger partial charge in [-0.3, -0.25) is 4.79 Å². The van der Waals surface area contributed by atoms with E-state index in [1.165, 1.54) is 0 Å². The Bertz CT molecular complexity index is 613. The zero-order valence-corrected chi connectivity index (χ0v) is 12.4. The van der Waals surface area contributed by atoms with Crippen LogP contribution < -0.4 is 11.1 Å². The van der Waals surface area contributed by atoms with Gasteiger partial charge in [-0.2, -0.15) is 0 Å². The number of rotatable bonds is 4. The van der Waals surface area contributed by atoms with E-state index < -0.39 is 0 Å². The van der Waals surface area contributed by atoms with Crippen LogP contribution in [0.25, 0.3) is 0 Å². The summed E-state index contributed by atoms with van der Waals surface area (Å²) in [6.45, 7) is 1.95. The average molecular weight is 286 g/mol. The number of anilines is 1. The summed E-state index contributed by atoms with van der Waals surface area (Å²) in [6, 6.07) is 15.1. The molecule has 2 aromatic carbocycles. The van der Waals surface area contributed by atoms with Gasteiger partial charge in [0.05, 0.1) is 11.6 Å². The molecule has 0 radical (unpaired) electrons.